The Morgan fingerprint density at radius 1 is 1.24 bits per heavy atom. The molecule has 0 fully saturated rings. The number of halogens is 2. The summed E-state index contributed by atoms with van der Waals surface area (Å²) in [7, 11) is 0. The van der Waals surface area contributed by atoms with E-state index in [0.29, 0.717) is 22.2 Å². The van der Waals surface area contributed by atoms with Gasteiger partial charge >= 0.3 is 5.97 Å². The van der Waals surface area contributed by atoms with Gasteiger partial charge in [0, 0.05) is 32.7 Å². The van der Waals surface area contributed by atoms with Crippen molar-refractivity contribution >= 4 is 40.9 Å². The fourth-order valence-electron chi connectivity index (χ4n) is 3.70. The summed E-state index contributed by atoms with van der Waals surface area (Å²) in [4.78, 5) is 13.4. The molecule has 0 radical (unpaired) electrons. The molecule has 0 amide bonds. The van der Waals surface area contributed by atoms with Gasteiger partial charge in [0.15, 0.2) is 6.10 Å². The standard InChI is InChI=1S/C26H31Cl2NO3S/c1-7-10-18(11-8-2)15-29-17(6)23(24(30)26(31)32-9-3)22(16(4)5)25(29)33-21-13-19(27)12-20(28)14-21/h7-8,10-14,16,24,30H,1,9,15H2,2-6H3/b11-8-,18-10+. The summed E-state index contributed by atoms with van der Waals surface area (Å²) in [5.74, 6) is -0.618. The molecule has 33 heavy (non-hydrogen) atoms. The van der Waals surface area contributed by atoms with Crippen LogP contribution in [-0.2, 0) is 16.1 Å². The molecule has 1 aromatic carbocycles. The van der Waals surface area contributed by atoms with Crippen molar-refractivity contribution in [3.63, 3.8) is 0 Å². The summed E-state index contributed by atoms with van der Waals surface area (Å²) < 4.78 is 7.24. The Balaban J connectivity index is 2.78. The second-order valence-corrected chi connectivity index (χ2v) is 9.73. The molecule has 0 saturated carbocycles. The molecule has 2 aromatic rings. The Morgan fingerprint density at radius 3 is 2.39 bits per heavy atom. The normalized spacial score (nSPS) is 13.1. The van der Waals surface area contributed by atoms with Crippen LogP contribution in [0.2, 0.25) is 10.0 Å². The van der Waals surface area contributed by atoms with Crippen molar-refractivity contribution in [2.45, 2.75) is 63.1 Å². The Bertz CT molecular complexity index is 1050. The third-order valence-corrected chi connectivity index (χ3v) is 6.57. The second kappa shape index (κ2) is 12.5. The number of esters is 1. The summed E-state index contributed by atoms with van der Waals surface area (Å²) in [6.45, 7) is 14.2. The zero-order valence-corrected chi connectivity index (χ0v) is 22.0. The quantitative estimate of drug-likeness (QED) is 0.264. The topological polar surface area (TPSA) is 51.5 Å². The van der Waals surface area contributed by atoms with Gasteiger partial charge in [-0.15, -0.1) is 0 Å². The Hall–Kier alpha value is -1.92. The highest BCUT2D eigenvalue weighted by atomic mass is 35.5. The van der Waals surface area contributed by atoms with E-state index < -0.39 is 12.1 Å². The molecule has 0 spiro atoms. The maximum Gasteiger partial charge on any atom is 0.339 e. The molecule has 1 aromatic heterocycles. The molecule has 1 heterocycles. The summed E-state index contributed by atoms with van der Waals surface area (Å²) in [5, 5.41) is 13.0. The van der Waals surface area contributed by atoms with E-state index in [0.717, 1.165) is 26.8 Å². The molecular formula is C26H31Cl2NO3S. The van der Waals surface area contributed by atoms with Crippen LogP contribution in [0, 0.1) is 6.92 Å². The van der Waals surface area contributed by atoms with Crippen LogP contribution in [0.25, 0.3) is 0 Å². The van der Waals surface area contributed by atoms with Crippen molar-refractivity contribution in [3.8, 4) is 0 Å². The van der Waals surface area contributed by atoms with Gasteiger partial charge in [0.25, 0.3) is 0 Å². The number of carbonyl (C=O) groups excluding carboxylic acids is 1. The van der Waals surface area contributed by atoms with Gasteiger partial charge < -0.3 is 14.4 Å². The molecule has 2 rings (SSSR count). The minimum absolute atomic E-state index is 0.0368. The molecule has 178 valence electrons. The highest BCUT2D eigenvalue weighted by Crippen LogP contribution is 2.43. The largest absolute Gasteiger partial charge is 0.464 e. The second-order valence-electron chi connectivity index (χ2n) is 7.80. The van der Waals surface area contributed by atoms with E-state index in [9.17, 15) is 9.90 Å². The first-order valence-electron chi connectivity index (χ1n) is 10.8. The monoisotopic (exact) mass is 507 g/mol. The zero-order chi connectivity index (χ0) is 24.7. The van der Waals surface area contributed by atoms with Gasteiger partial charge in [-0.05, 0) is 56.0 Å². The maximum atomic E-state index is 12.5. The lowest BCUT2D eigenvalue weighted by Gasteiger charge is -2.16. The minimum Gasteiger partial charge on any atom is -0.464 e. The number of carbonyl (C=O) groups is 1. The smallest absolute Gasteiger partial charge is 0.339 e. The van der Waals surface area contributed by atoms with E-state index in [2.05, 4.69) is 11.1 Å². The van der Waals surface area contributed by atoms with Crippen molar-refractivity contribution in [1.29, 1.82) is 0 Å². The number of aliphatic hydroxyl groups excluding tert-OH is 1. The van der Waals surface area contributed by atoms with Gasteiger partial charge in [-0.3, -0.25) is 0 Å². The fraction of sp³-hybridized carbons (Fsp3) is 0.346. The van der Waals surface area contributed by atoms with Crippen LogP contribution in [0.4, 0.5) is 0 Å². The summed E-state index contributed by atoms with van der Waals surface area (Å²) in [6, 6.07) is 5.39. The van der Waals surface area contributed by atoms with Crippen LogP contribution in [0.3, 0.4) is 0 Å². The molecule has 0 aliphatic rings. The Kier molecular flexibility index (Phi) is 10.4. The average molecular weight is 509 g/mol. The molecule has 1 N–H and O–H groups in total. The molecule has 1 atom stereocenters. The maximum absolute atomic E-state index is 12.5. The molecule has 4 nitrogen and oxygen atoms in total. The number of ether oxygens (including phenoxy) is 1. The predicted molar refractivity (Wildman–Crippen MR) is 139 cm³/mol. The molecule has 0 saturated heterocycles. The lowest BCUT2D eigenvalue weighted by atomic mass is 9.97. The number of hydrogen-bond donors (Lipinski definition) is 1. The van der Waals surface area contributed by atoms with E-state index in [-0.39, 0.29) is 12.5 Å². The highest BCUT2D eigenvalue weighted by Gasteiger charge is 2.31. The van der Waals surface area contributed by atoms with Gasteiger partial charge in [0.05, 0.1) is 11.6 Å². The summed E-state index contributed by atoms with van der Waals surface area (Å²) in [6.07, 6.45) is 6.30. The van der Waals surface area contributed by atoms with Crippen LogP contribution in [0.5, 0.6) is 0 Å². The third kappa shape index (κ3) is 6.80. The highest BCUT2D eigenvalue weighted by molar-refractivity contribution is 7.99. The van der Waals surface area contributed by atoms with Crippen molar-refractivity contribution in [2.24, 2.45) is 0 Å². The van der Waals surface area contributed by atoms with E-state index in [1.807, 2.05) is 58.1 Å². The van der Waals surface area contributed by atoms with Crippen molar-refractivity contribution in [2.75, 3.05) is 6.61 Å². The fourth-order valence-corrected chi connectivity index (χ4v) is 5.72. The average Bonchev–Trinajstić information content (AvgIpc) is 2.99. The van der Waals surface area contributed by atoms with Crippen molar-refractivity contribution < 1.29 is 14.6 Å². The number of aromatic nitrogens is 1. The van der Waals surface area contributed by atoms with Crippen LogP contribution in [0.1, 0.15) is 56.5 Å². The molecule has 1 unspecified atom stereocenters. The number of nitrogens with zero attached hydrogens (tertiary/aromatic N) is 1. The SMILES string of the molecule is C=C/C=C(\C=C/C)Cn1c(C)c(C(O)C(=O)OCC)c(C(C)C)c1Sc1cc(Cl)cc(Cl)c1. The number of aliphatic hydroxyl groups is 1. The van der Waals surface area contributed by atoms with Crippen molar-refractivity contribution in [1.82, 2.24) is 4.57 Å². The summed E-state index contributed by atoms with van der Waals surface area (Å²) in [5.41, 5.74) is 3.31. The minimum atomic E-state index is -1.38. The van der Waals surface area contributed by atoms with E-state index in [1.54, 1.807) is 19.1 Å². The number of allylic oxidation sites excluding steroid dienone is 5. The zero-order valence-electron chi connectivity index (χ0n) is 19.7. The van der Waals surface area contributed by atoms with Crippen LogP contribution < -0.4 is 0 Å². The first kappa shape index (κ1) is 27.3. The molecule has 0 aliphatic heterocycles. The van der Waals surface area contributed by atoms with Crippen LogP contribution >= 0.6 is 35.0 Å². The number of rotatable bonds is 10. The van der Waals surface area contributed by atoms with E-state index in [1.165, 1.54) is 11.8 Å². The molecular weight excluding hydrogens is 477 g/mol. The van der Waals surface area contributed by atoms with E-state index in [4.69, 9.17) is 27.9 Å². The molecule has 0 bridgehead atoms. The van der Waals surface area contributed by atoms with E-state index >= 15 is 0 Å². The first-order valence-corrected chi connectivity index (χ1v) is 12.4. The van der Waals surface area contributed by atoms with Gasteiger partial charge in [-0.2, -0.15) is 0 Å². The van der Waals surface area contributed by atoms with Crippen LogP contribution in [-0.4, -0.2) is 22.2 Å². The van der Waals surface area contributed by atoms with Crippen LogP contribution in [0.15, 0.2) is 64.6 Å². The first-order chi connectivity index (χ1) is 15.6. The van der Waals surface area contributed by atoms with Crippen molar-refractivity contribution in [3.05, 3.63) is 81.5 Å². The van der Waals surface area contributed by atoms with Gasteiger partial charge in [-0.1, -0.05) is 79.7 Å². The number of benzene rings is 1. The third-order valence-electron chi connectivity index (χ3n) is 5.02. The lowest BCUT2D eigenvalue weighted by Crippen LogP contribution is -2.17. The Labute approximate surface area is 210 Å². The number of hydrogen-bond acceptors (Lipinski definition) is 4. The Morgan fingerprint density at radius 2 is 1.88 bits per heavy atom. The molecule has 0 aliphatic carbocycles. The lowest BCUT2D eigenvalue weighted by molar-refractivity contribution is -0.153. The predicted octanol–water partition coefficient (Wildman–Crippen LogP) is 7.66. The summed E-state index contributed by atoms with van der Waals surface area (Å²) >= 11 is 14.0. The van der Waals surface area contributed by atoms with Gasteiger partial charge in [-0.25, -0.2) is 4.79 Å². The van der Waals surface area contributed by atoms with Gasteiger partial charge in [0.1, 0.15) is 0 Å². The van der Waals surface area contributed by atoms with Gasteiger partial charge in [0.2, 0.25) is 0 Å². The molecule has 7 heteroatoms.